The topological polar surface area (TPSA) is 77.9 Å². The van der Waals surface area contributed by atoms with Crippen LogP contribution in [0.15, 0.2) is 0 Å². The van der Waals surface area contributed by atoms with E-state index in [4.69, 9.17) is 5.11 Å². The second-order valence-electron chi connectivity index (χ2n) is 4.21. The van der Waals surface area contributed by atoms with Gasteiger partial charge in [0.15, 0.2) is 0 Å². The van der Waals surface area contributed by atoms with E-state index in [2.05, 4.69) is 0 Å². The lowest BCUT2D eigenvalue weighted by atomic mass is 10.3. The van der Waals surface area contributed by atoms with Crippen LogP contribution in [-0.4, -0.2) is 59.7 Å². The molecule has 1 rings (SSSR count). The maximum Gasteiger partial charge on any atom is 0.317 e. The summed E-state index contributed by atoms with van der Waals surface area (Å²) in [5.41, 5.74) is 0. The van der Waals surface area contributed by atoms with Crippen molar-refractivity contribution < 1.29 is 18.3 Å². The molecule has 16 heavy (non-hydrogen) atoms. The van der Waals surface area contributed by atoms with Crippen molar-refractivity contribution in [3.63, 3.8) is 0 Å². The molecule has 0 saturated carbocycles. The maximum atomic E-state index is 12.0. The van der Waals surface area contributed by atoms with E-state index in [1.807, 2.05) is 13.8 Å². The molecule has 1 aliphatic rings. The van der Waals surface area contributed by atoms with Crippen LogP contribution in [0.5, 0.6) is 0 Å². The molecular weight excluding hydrogens is 232 g/mol. The second kappa shape index (κ2) is 4.68. The molecule has 1 fully saturated rings. The monoisotopic (exact) mass is 250 g/mol. The van der Waals surface area contributed by atoms with Gasteiger partial charge in [0, 0.05) is 19.1 Å². The standard InChI is InChI=1S/C9H18N2O4S/c1-7(2)11-5-4-10(6-9(12)13)8(3)16(11,14)15/h7-8H,4-6H2,1-3H3,(H,12,13)/t8-/m0/s1. The highest BCUT2D eigenvalue weighted by Crippen LogP contribution is 2.20. The van der Waals surface area contributed by atoms with E-state index in [9.17, 15) is 13.2 Å². The number of hydrogen-bond donors (Lipinski definition) is 1. The zero-order valence-corrected chi connectivity index (χ0v) is 10.6. The Morgan fingerprint density at radius 1 is 1.44 bits per heavy atom. The second-order valence-corrected chi connectivity index (χ2v) is 6.39. The Morgan fingerprint density at radius 2 is 2.00 bits per heavy atom. The number of sulfonamides is 1. The number of carboxylic acids is 1. The van der Waals surface area contributed by atoms with Crippen LogP contribution >= 0.6 is 0 Å². The Balaban J connectivity index is 2.87. The minimum Gasteiger partial charge on any atom is -0.480 e. The molecule has 0 amide bonds. The van der Waals surface area contributed by atoms with Gasteiger partial charge in [-0.05, 0) is 20.8 Å². The van der Waals surface area contributed by atoms with Gasteiger partial charge in [-0.15, -0.1) is 0 Å². The lowest BCUT2D eigenvalue weighted by molar-refractivity contribution is -0.138. The van der Waals surface area contributed by atoms with E-state index in [1.165, 1.54) is 16.1 Å². The average Bonchev–Trinajstić information content (AvgIpc) is 2.11. The molecule has 0 aliphatic carbocycles. The molecule has 0 radical (unpaired) electrons. The van der Waals surface area contributed by atoms with Crippen LogP contribution in [0.25, 0.3) is 0 Å². The molecule has 0 aromatic carbocycles. The lowest BCUT2D eigenvalue weighted by Crippen LogP contribution is -2.57. The molecule has 0 unspecified atom stereocenters. The summed E-state index contributed by atoms with van der Waals surface area (Å²) in [6, 6.07) is -0.0839. The largest absolute Gasteiger partial charge is 0.480 e. The Labute approximate surface area is 95.9 Å². The molecule has 0 aromatic heterocycles. The van der Waals surface area contributed by atoms with E-state index in [0.717, 1.165) is 0 Å². The number of carboxylic acid groups (broad SMARTS) is 1. The van der Waals surface area contributed by atoms with Crippen molar-refractivity contribution in [3.05, 3.63) is 0 Å². The highest BCUT2D eigenvalue weighted by Gasteiger charge is 2.39. The third kappa shape index (κ3) is 2.53. The predicted molar refractivity (Wildman–Crippen MR) is 59.4 cm³/mol. The molecule has 1 aliphatic heterocycles. The molecule has 0 bridgehead atoms. The molecule has 1 heterocycles. The first kappa shape index (κ1) is 13.4. The van der Waals surface area contributed by atoms with Crippen LogP contribution in [0.3, 0.4) is 0 Å². The number of hydrogen-bond acceptors (Lipinski definition) is 4. The first-order valence-corrected chi connectivity index (χ1v) is 6.73. The number of nitrogens with zero attached hydrogens (tertiary/aromatic N) is 2. The molecule has 0 spiro atoms. The summed E-state index contributed by atoms with van der Waals surface area (Å²) in [6.07, 6.45) is 0. The summed E-state index contributed by atoms with van der Waals surface area (Å²) in [7, 11) is -3.40. The minimum absolute atomic E-state index is 0.0839. The van der Waals surface area contributed by atoms with Gasteiger partial charge in [-0.2, -0.15) is 4.31 Å². The van der Waals surface area contributed by atoms with Gasteiger partial charge < -0.3 is 5.11 Å². The Hall–Kier alpha value is -0.660. The van der Waals surface area contributed by atoms with Crippen LogP contribution in [0, 0.1) is 0 Å². The third-order valence-corrected chi connectivity index (χ3v) is 5.21. The third-order valence-electron chi connectivity index (χ3n) is 2.79. The van der Waals surface area contributed by atoms with Gasteiger partial charge in [-0.3, -0.25) is 9.69 Å². The Kier molecular flexibility index (Phi) is 3.92. The highest BCUT2D eigenvalue weighted by molar-refractivity contribution is 7.89. The molecule has 1 saturated heterocycles. The summed E-state index contributed by atoms with van der Waals surface area (Å²) in [5.74, 6) is -1.000. The van der Waals surface area contributed by atoms with Gasteiger partial charge in [0.1, 0.15) is 5.37 Å². The fourth-order valence-electron chi connectivity index (χ4n) is 1.85. The van der Waals surface area contributed by atoms with Gasteiger partial charge in [0.05, 0.1) is 6.54 Å². The average molecular weight is 250 g/mol. The van der Waals surface area contributed by atoms with Crippen LogP contribution in [0.2, 0.25) is 0 Å². The molecule has 1 atom stereocenters. The van der Waals surface area contributed by atoms with Crippen molar-refractivity contribution in [1.82, 2.24) is 9.21 Å². The van der Waals surface area contributed by atoms with E-state index >= 15 is 0 Å². The lowest BCUT2D eigenvalue weighted by Gasteiger charge is -2.39. The first-order chi connectivity index (χ1) is 7.26. The molecular formula is C9H18N2O4S. The molecule has 0 aromatic rings. The van der Waals surface area contributed by atoms with E-state index in [0.29, 0.717) is 13.1 Å². The molecule has 7 heteroatoms. The van der Waals surface area contributed by atoms with E-state index in [1.54, 1.807) is 0 Å². The van der Waals surface area contributed by atoms with E-state index < -0.39 is 21.4 Å². The minimum atomic E-state index is -3.40. The first-order valence-electron chi connectivity index (χ1n) is 5.23. The number of carbonyl (C=O) groups is 1. The van der Waals surface area contributed by atoms with Crippen molar-refractivity contribution in [2.75, 3.05) is 19.6 Å². The summed E-state index contributed by atoms with van der Waals surface area (Å²) in [4.78, 5) is 12.1. The molecule has 94 valence electrons. The van der Waals surface area contributed by atoms with Crippen LogP contribution in [0.4, 0.5) is 0 Å². The quantitative estimate of drug-likeness (QED) is 0.749. The summed E-state index contributed by atoms with van der Waals surface area (Å²) < 4.78 is 25.5. The van der Waals surface area contributed by atoms with Gasteiger partial charge in [-0.25, -0.2) is 8.42 Å². The fourth-order valence-corrected chi connectivity index (χ4v) is 3.73. The summed E-state index contributed by atoms with van der Waals surface area (Å²) in [5, 5.41) is 7.91. The number of rotatable bonds is 3. The Morgan fingerprint density at radius 3 is 2.44 bits per heavy atom. The number of aliphatic carboxylic acids is 1. The van der Waals surface area contributed by atoms with Gasteiger partial charge in [-0.1, -0.05) is 0 Å². The molecule has 1 N–H and O–H groups in total. The van der Waals surface area contributed by atoms with Crippen molar-refractivity contribution in [3.8, 4) is 0 Å². The van der Waals surface area contributed by atoms with Crippen LogP contribution in [0.1, 0.15) is 20.8 Å². The zero-order chi connectivity index (χ0) is 12.5. The van der Waals surface area contributed by atoms with Crippen LogP contribution in [-0.2, 0) is 14.8 Å². The van der Waals surface area contributed by atoms with Gasteiger partial charge in [0.2, 0.25) is 10.0 Å². The fraction of sp³-hybridized carbons (Fsp3) is 0.889. The van der Waals surface area contributed by atoms with Crippen LogP contribution < -0.4 is 0 Å². The van der Waals surface area contributed by atoms with Crippen molar-refractivity contribution >= 4 is 16.0 Å². The predicted octanol–water partition coefficient (Wildman–Crippen LogP) is -0.227. The van der Waals surface area contributed by atoms with Gasteiger partial charge >= 0.3 is 5.97 Å². The zero-order valence-electron chi connectivity index (χ0n) is 9.75. The van der Waals surface area contributed by atoms with E-state index in [-0.39, 0.29) is 12.6 Å². The van der Waals surface area contributed by atoms with Gasteiger partial charge in [0.25, 0.3) is 0 Å². The maximum absolute atomic E-state index is 12.0. The Bertz CT molecular complexity index is 366. The molecule has 6 nitrogen and oxygen atoms in total. The summed E-state index contributed by atoms with van der Waals surface area (Å²) in [6.45, 7) is 5.76. The van der Waals surface area contributed by atoms with Crippen molar-refractivity contribution in [1.29, 1.82) is 0 Å². The normalized spacial score (nSPS) is 27.1. The smallest absolute Gasteiger partial charge is 0.317 e. The highest BCUT2D eigenvalue weighted by atomic mass is 32.2. The summed E-state index contributed by atoms with van der Waals surface area (Å²) >= 11 is 0. The van der Waals surface area contributed by atoms with Crippen molar-refractivity contribution in [2.24, 2.45) is 0 Å². The van der Waals surface area contributed by atoms with Crippen molar-refractivity contribution in [2.45, 2.75) is 32.2 Å². The SMILES string of the molecule is CC(C)N1CCN(CC(=O)O)[C@H](C)S1(=O)=O.